The fraction of sp³-hybridized carbons (Fsp3) is 1.00. The Morgan fingerprint density at radius 1 is 1.43 bits per heavy atom. The van der Waals surface area contributed by atoms with Crippen molar-refractivity contribution in [2.75, 3.05) is 26.8 Å². The van der Waals surface area contributed by atoms with E-state index in [0.717, 1.165) is 25.9 Å². The minimum Gasteiger partial charge on any atom is -0.306 e. The Balaban J connectivity index is 0.000000791. The largest absolute Gasteiger partial charge is 0.306 e. The fourth-order valence-electron chi connectivity index (χ4n) is 2.21. The summed E-state index contributed by atoms with van der Waals surface area (Å²) in [7, 11) is 2.13. The number of rotatable bonds is 2. The number of likely N-dealkylation sites (tertiary alicyclic amines) is 1. The number of hydrogen-bond donors (Lipinski definition) is 0. The second-order valence-corrected chi connectivity index (χ2v) is 4.39. The first-order chi connectivity index (χ1) is 6.62. The summed E-state index contributed by atoms with van der Waals surface area (Å²) in [6.45, 7) is 10.4. The van der Waals surface area contributed by atoms with E-state index in [2.05, 4.69) is 25.8 Å². The highest BCUT2D eigenvalue weighted by atomic mass is 19.1. The van der Waals surface area contributed by atoms with Gasteiger partial charge in [-0.3, -0.25) is 4.39 Å². The van der Waals surface area contributed by atoms with Gasteiger partial charge in [0, 0.05) is 6.54 Å². The van der Waals surface area contributed by atoms with Gasteiger partial charge in [-0.05, 0) is 37.8 Å². The lowest BCUT2D eigenvalue weighted by atomic mass is 9.71. The predicted octanol–water partition coefficient (Wildman–Crippen LogP) is 3.35. The summed E-state index contributed by atoms with van der Waals surface area (Å²) in [6, 6.07) is 0. The second-order valence-electron chi connectivity index (χ2n) is 4.39. The van der Waals surface area contributed by atoms with Crippen molar-refractivity contribution in [2.24, 2.45) is 11.3 Å². The molecule has 1 saturated heterocycles. The van der Waals surface area contributed by atoms with Crippen molar-refractivity contribution < 1.29 is 4.39 Å². The van der Waals surface area contributed by atoms with Crippen molar-refractivity contribution in [1.29, 1.82) is 0 Å². The zero-order chi connectivity index (χ0) is 11.2. The van der Waals surface area contributed by atoms with E-state index in [-0.39, 0.29) is 12.1 Å². The molecule has 1 aliphatic heterocycles. The zero-order valence-electron chi connectivity index (χ0n) is 10.4. The Hall–Kier alpha value is -0.110. The van der Waals surface area contributed by atoms with Gasteiger partial charge in [0.1, 0.15) is 0 Å². The van der Waals surface area contributed by atoms with Gasteiger partial charge >= 0.3 is 0 Å². The van der Waals surface area contributed by atoms with Gasteiger partial charge in [-0.2, -0.15) is 0 Å². The molecule has 0 spiro atoms. The van der Waals surface area contributed by atoms with E-state index in [1.165, 1.54) is 0 Å². The molecule has 0 radical (unpaired) electrons. The van der Waals surface area contributed by atoms with Gasteiger partial charge in [0.15, 0.2) is 0 Å². The molecule has 1 heterocycles. The molecule has 0 saturated carbocycles. The molecular weight excluding hydrogens is 177 g/mol. The van der Waals surface area contributed by atoms with E-state index >= 15 is 0 Å². The molecule has 1 fully saturated rings. The monoisotopic (exact) mass is 203 g/mol. The van der Waals surface area contributed by atoms with Crippen LogP contribution in [0.1, 0.15) is 40.5 Å². The number of hydrogen-bond acceptors (Lipinski definition) is 1. The molecule has 0 amide bonds. The zero-order valence-corrected chi connectivity index (χ0v) is 10.4. The van der Waals surface area contributed by atoms with Crippen LogP contribution in [0.3, 0.4) is 0 Å². The standard InChI is InChI=1S/C10H20FN.C2H6/c1-4-10(2)8-12(3)6-5-9(10)7-11;1-2/h9H,4-8H2,1-3H3;1-2H3/t9-,10-;/m1./s1. The van der Waals surface area contributed by atoms with Gasteiger partial charge in [0.2, 0.25) is 0 Å². The van der Waals surface area contributed by atoms with Crippen molar-refractivity contribution in [2.45, 2.75) is 40.5 Å². The molecule has 1 rings (SSSR count). The van der Waals surface area contributed by atoms with Gasteiger partial charge in [0.25, 0.3) is 0 Å². The third-order valence-corrected chi connectivity index (χ3v) is 3.47. The summed E-state index contributed by atoms with van der Waals surface area (Å²) in [5.74, 6) is 0.290. The Morgan fingerprint density at radius 3 is 2.43 bits per heavy atom. The van der Waals surface area contributed by atoms with Crippen molar-refractivity contribution in [3.8, 4) is 0 Å². The third-order valence-electron chi connectivity index (χ3n) is 3.47. The Bertz CT molecular complexity index is 149. The Labute approximate surface area is 88.7 Å². The highest BCUT2D eigenvalue weighted by Gasteiger charge is 2.36. The molecule has 0 unspecified atom stereocenters. The average molecular weight is 203 g/mol. The van der Waals surface area contributed by atoms with Crippen LogP contribution in [0.5, 0.6) is 0 Å². The summed E-state index contributed by atoms with van der Waals surface area (Å²) >= 11 is 0. The van der Waals surface area contributed by atoms with Crippen LogP contribution < -0.4 is 0 Å². The van der Waals surface area contributed by atoms with Crippen LogP contribution in [0.25, 0.3) is 0 Å². The smallest absolute Gasteiger partial charge is 0.0928 e. The van der Waals surface area contributed by atoms with E-state index in [4.69, 9.17) is 0 Å². The van der Waals surface area contributed by atoms with Crippen LogP contribution in [0, 0.1) is 11.3 Å². The van der Waals surface area contributed by atoms with E-state index in [1.807, 2.05) is 13.8 Å². The van der Waals surface area contributed by atoms with Crippen LogP contribution in [0.2, 0.25) is 0 Å². The maximum absolute atomic E-state index is 12.7. The van der Waals surface area contributed by atoms with Gasteiger partial charge in [0.05, 0.1) is 6.67 Å². The van der Waals surface area contributed by atoms with Gasteiger partial charge < -0.3 is 4.90 Å². The Morgan fingerprint density at radius 2 is 2.00 bits per heavy atom. The molecule has 2 heteroatoms. The van der Waals surface area contributed by atoms with Crippen molar-refractivity contribution >= 4 is 0 Å². The number of alkyl halides is 1. The molecule has 1 nitrogen and oxygen atoms in total. The van der Waals surface area contributed by atoms with E-state index in [9.17, 15) is 4.39 Å². The third kappa shape index (κ3) is 3.23. The quantitative estimate of drug-likeness (QED) is 0.665. The molecule has 1 aliphatic rings. The van der Waals surface area contributed by atoms with Crippen molar-refractivity contribution in [3.63, 3.8) is 0 Å². The van der Waals surface area contributed by atoms with E-state index in [1.54, 1.807) is 0 Å². The molecule has 0 aliphatic carbocycles. The van der Waals surface area contributed by atoms with Crippen LogP contribution in [0.15, 0.2) is 0 Å². The number of piperidine rings is 1. The summed E-state index contributed by atoms with van der Waals surface area (Å²) < 4.78 is 12.7. The second kappa shape index (κ2) is 6.39. The minimum atomic E-state index is -0.141. The first kappa shape index (κ1) is 13.9. The highest BCUT2D eigenvalue weighted by molar-refractivity contribution is 4.88. The highest BCUT2D eigenvalue weighted by Crippen LogP contribution is 2.37. The first-order valence-corrected chi connectivity index (χ1v) is 5.87. The summed E-state index contributed by atoms with van der Waals surface area (Å²) in [5, 5.41) is 0. The lowest BCUT2D eigenvalue weighted by Crippen LogP contribution is -2.46. The van der Waals surface area contributed by atoms with Gasteiger partial charge in [-0.15, -0.1) is 0 Å². The van der Waals surface area contributed by atoms with Crippen LogP contribution in [-0.4, -0.2) is 31.7 Å². The lowest BCUT2D eigenvalue weighted by Gasteiger charge is -2.43. The van der Waals surface area contributed by atoms with Crippen LogP contribution in [-0.2, 0) is 0 Å². The Kier molecular flexibility index (Phi) is 6.34. The maximum Gasteiger partial charge on any atom is 0.0928 e. The summed E-state index contributed by atoms with van der Waals surface area (Å²) in [6.07, 6.45) is 2.11. The topological polar surface area (TPSA) is 3.24 Å². The molecule has 0 N–H and O–H groups in total. The van der Waals surface area contributed by atoms with Crippen molar-refractivity contribution in [3.05, 3.63) is 0 Å². The predicted molar refractivity (Wildman–Crippen MR) is 61.3 cm³/mol. The van der Waals surface area contributed by atoms with Gasteiger partial charge in [-0.25, -0.2) is 0 Å². The number of halogens is 1. The molecule has 0 aromatic heterocycles. The fourth-order valence-corrected chi connectivity index (χ4v) is 2.21. The minimum absolute atomic E-state index is 0.141. The lowest BCUT2D eigenvalue weighted by molar-refractivity contribution is 0.0373. The first-order valence-electron chi connectivity index (χ1n) is 5.87. The molecule has 2 atom stereocenters. The SMILES string of the molecule is CC.CC[C@]1(C)CN(C)CC[C@@H]1CF. The normalized spacial score (nSPS) is 33.4. The molecule has 0 bridgehead atoms. The van der Waals surface area contributed by atoms with Crippen molar-refractivity contribution in [1.82, 2.24) is 4.90 Å². The maximum atomic E-state index is 12.7. The summed E-state index contributed by atoms with van der Waals surface area (Å²) in [5.41, 5.74) is 0.210. The molecular formula is C12H26FN. The molecule has 0 aromatic carbocycles. The van der Waals surface area contributed by atoms with Crippen LogP contribution >= 0.6 is 0 Å². The molecule has 0 aromatic rings. The van der Waals surface area contributed by atoms with E-state index < -0.39 is 0 Å². The number of nitrogens with zero attached hydrogens (tertiary/aromatic N) is 1. The van der Waals surface area contributed by atoms with Gasteiger partial charge in [-0.1, -0.05) is 27.7 Å². The summed E-state index contributed by atoms with van der Waals surface area (Å²) in [4.78, 5) is 2.32. The van der Waals surface area contributed by atoms with Crippen LogP contribution in [0.4, 0.5) is 4.39 Å². The molecule has 14 heavy (non-hydrogen) atoms. The van der Waals surface area contributed by atoms with E-state index in [0.29, 0.717) is 5.92 Å². The average Bonchev–Trinajstić information content (AvgIpc) is 2.21. The molecule has 86 valence electrons.